The predicted octanol–water partition coefficient (Wildman–Crippen LogP) is 2.95. The molecule has 3 aromatic rings. The van der Waals surface area contributed by atoms with Crippen LogP contribution in [0.4, 0.5) is 5.82 Å². The van der Waals surface area contributed by atoms with Crippen molar-refractivity contribution in [2.75, 3.05) is 5.32 Å². The van der Waals surface area contributed by atoms with Gasteiger partial charge in [-0.3, -0.25) is 19.7 Å². The molecule has 1 amide bonds. The van der Waals surface area contributed by atoms with Crippen LogP contribution in [0.15, 0.2) is 55.2 Å². The highest BCUT2D eigenvalue weighted by molar-refractivity contribution is 5.96. The van der Waals surface area contributed by atoms with Crippen molar-refractivity contribution in [2.45, 2.75) is 12.8 Å². The van der Waals surface area contributed by atoms with Gasteiger partial charge in [-0.15, -0.1) is 0 Å². The van der Waals surface area contributed by atoms with E-state index >= 15 is 0 Å². The zero-order valence-corrected chi connectivity index (χ0v) is 12.9. The van der Waals surface area contributed by atoms with Gasteiger partial charge < -0.3 is 5.32 Å². The van der Waals surface area contributed by atoms with Crippen molar-refractivity contribution in [1.29, 1.82) is 0 Å². The molecule has 0 bridgehead atoms. The van der Waals surface area contributed by atoms with Crippen LogP contribution in [-0.4, -0.2) is 25.8 Å². The van der Waals surface area contributed by atoms with Crippen molar-refractivity contribution in [3.05, 3.63) is 55.2 Å². The lowest BCUT2D eigenvalue weighted by atomic mass is 10.1. The van der Waals surface area contributed by atoms with E-state index in [0.29, 0.717) is 17.2 Å². The van der Waals surface area contributed by atoms with Gasteiger partial charge in [0.15, 0.2) is 5.82 Å². The molecule has 4 rings (SSSR count). The minimum atomic E-state index is 0.00272. The summed E-state index contributed by atoms with van der Waals surface area (Å²) in [7, 11) is 0. The standard InChI is InChI=1S/C18H15N5O/c24-18(13-3-4-13)23-17-16(12-5-8-19-9-6-12)21-11-15(22-17)14-2-1-7-20-10-14/h1-2,5-11,13H,3-4H2,(H,22,23,24). The summed E-state index contributed by atoms with van der Waals surface area (Å²) in [5, 5.41) is 2.93. The number of rotatable bonds is 4. The molecule has 6 nitrogen and oxygen atoms in total. The predicted molar refractivity (Wildman–Crippen MR) is 89.8 cm³/mol. The zero-order valence-electron chi connectivity index (χ0n) is 12.9. The highest BCUT2D eigenvalue weighted by Crippen LogP contribution is 2.32. The maximum atomic E-state index is 12.2. The first-order valence-electron chi connectivity index (χ1n) is 7.80. The lowest BCUT2D eigenvalue weighted by molar-refractivity contribution is -0.117. The summed E-state index contributed by atoms with van der Waals surface area (Å²) in [5.41, 5.74) is 3.03. The average molecular weight is 317 g/mol. The number of carbonyl (C=O) groups excluding carboxylic acids is 1. The SMILES string of the molecule is O=C(Nc1nc(-c2cccnc2)cnc1-c1ccncc1)C1CC1. The van der Waals surface area contributed by atoms with E-state index < -0.39 is 0 Å². The molecule has 24 heavy (non-hydrogen) atoms. The molecule has 1 fully saturated rings. The summed E-state index contributed by atoms with van der Waals surface area (Å²) in [6.07, 6.45) is 10.4. The maximum absolute atomic E-state index is 12.2. The molecule has 0 atom stereocenters. The van der Waals surface area contributed by atoms with Gasteiger partial charge in [0.1, 0.15) is 5.69 Å². The third-order valence-electron chi connectivity index (χ3n) is 3.87. The highest BCUT2D eigenvalue weighted by Gasteiger charge is 2.30. The van der Waals surface area contributed by atoms with Crippen molar-refractivity contribution < 1.29 is 4.79 Å². The molecule has 118 valence electrons. The average Bonchev–Trinajstić information content (AvgIpc) is 3.48. The van der Waals surface area contributed by atoms with Crippen molar-refractivity contribution in [3.8, 4) is 22.5 Å². The van der Waals surface area contributed by atoms with Gasteiger partial charge in [-0.05, 0) is 37.1 Å². The van der Waals surface area contributed by atoms with Crippen LogP contribution in [0.2, 0.25) is 0 Å². The molecule has 3 heterocycles. The third kappa shape index (κ3) is 2.99. The van der Waals surface area contributed by atoms with Gasteiger partial charge in [0.2, 0.25) is 5.91 Å². The lowest BCUT2D eigenvalue weighted by Crippen LogP contribution is -2.16. The molecule has 1 aliphatic carbocycles. The second kappa shape index (κ2) is 6.16. The number of amides is 1. The fourth-order valence-corrected chi connectivity index (χ4v) is 2.41. The number of aromatic nitrogens is 4. The van der Waals surface area contributed by atoms with Crippen molar-refractivity contribution in [3.63, 3.8) is 0 Å². The zero-order chi connectivity index (χ0) is 16.4. The summed E-state index contributed by atoms with van der Waals surface area (Å²) < 4.78 is 0. The molecular formula is C18H15N5O. The minimum Gasteiger partial charge on any atom is -0.309 e. The Balaban J connectivity index is 1.76. The summed E-state index contributed by atoms with van der Waals surface area (Å²) in [6, 6.07) is 7.45. The van der Waals surface area contributed by atoms with E-state index in [0.717, 1.165) is 24.0 Å². The quantitative estimate of drug-likeness (QED) is 0.800. The van der Waals surface area contributed by atoms with Crippen molar-refractivity contribution in [2.24, 2.45) is 5.92 Å². The monoisotopic (exact) mass is 317 g/mol. The molecular weight excluding hydrogens is 302 g/mol. The number of hydrogen-bond donors (Lipinski definition) is 1. The first-order chi connectivity index (χ1) is 11.8. The highest BCUT2D eigenvalue weighted by atomic mass is 16.2. The smallest absolute Gasteiger partial charge is 0.228 e. The molecule has 3 aromatic heterocycles. The molecule has 1 aliphatic rings. The second-order valence-electron chi connectivity index (χ2n) is 5.69. The Kier molecular flexibility index (Phi) is 3.70. The van der Waals surface area contributed by atoms with E-state index in [1.807, 2.05) is 24.3 Å². The summed E-state index contributed by atoms with van der Waals surface area (Å²) in [6.45, 7) is 0. The minimum absolute atomic E-state index is 0.00272. The first kappa shape index (κ1) is 14.4. The Hall–Kier alpha value is -3.15. The van der Waals surface area contributed by atoms with Crippen molar-refractivity contribution in [1.82, 2.24) is 19.9 Å². The van der Waals surface area contributed by atoms with Crippen LogP contribution in [0.25, 0.3) is 22.5 Å². The summed E-state index contributed by atoms with van der Waals surface area (Å²) in [5.74, 6) is 0.571. The van der Waals surface area contributed by atoms with Crippen LogP contribution in [0, 0.1) is 5.92 Å². The van der Waals surface area contributed by atoms with E-state index in [-0.39, 0.29) is 11.8 Å². The van der Waals surface area contributed by atoms with Crippen LogP contribution in [0.3, 0.4) is 0 Å². The Bertz CT molecular complexity index is 863. The summed E-state index contributed by atoms with van der Waals surface area (Å²) >= 11 is 0. The number of nitrogens with one attached hydrogen (secondary N) is 1. The van der Waals surface area contributed by atoms with E-state index in [2.05, 4.69) is 25.3 Å². The number of pyridine rings is 2. The topological polar surface area (TPSA) is 80.7 Å². The van der Waals surface area contributed by atoms with Gasteiger partial charge in [-0.2, -0.15) is 0 Å². The van der Waals surface area contributed by atoms with Crippen LogP contribution < -0.4 is 5.32 Å². The van der Waals surface area contributed by atoms with Gasteiger partial charge in [0, 0.05) is 41.8 Å². The molecule has 1 N–H and O–H groups in total. The second-order valence-corrected chi connectivity index (χ2v) is 5.69. The van der Waals surface area contributed by atoms with Gasteiger partial charge in [-0.1, -0.05) is 0 Å². The number of nitrogens with zero attached hydrogens (tertiary/aromatic N) is 4. The Morgan fingerprint density at radius 1 is 1.00 bits per heavy atom. The van der Waals surface area contributed by atoms with E-state index in [4.69, 9.17) is 0 Å². The number of carbonyl (C=O) groups is 1. The Morgan fingerprint density at radius 3 is 2.54 bits per heavy atom. The van der Waals surface area contributed by atoms with Crippen LogP contribution in [-0.2, 0) is 4.79 Å². The largest absolute Gasteiger partial charge is 0.309 e. The van der Waals surface area contributed by atoms with Crippen LogP contribution in [0.5, 0.6) is 0 Å². The number of anilines is 1. The molecule has 6 heteroatoms. The van der Waals surface area contributed by atoms with E-state index in [9.17, 15) is 4.79 Å². The van der Waals surface area contributed by atoms with Crippen molar-refractivity contribution >= 4 is 11.7 Å². The van der Waals surface area contributed by atoms with Crippen LogP contribution >= 0.6 is 0 Å². The normalized spacial score (nSPS) is 13.5. The van der Waals surface area contributed by atoms with Gasteiger partial charge in [0.25, 0.3) is 0 Å². The molecule has 0 aliphatic heterocycles. The molecule has 0 unspecified atom stereocenters. The van der Waals surface area contributed by atoms with Gasteiger partial charge in [0.05, 0.1) is 11.9 Å². The summed E-state index contributed by atoms with van der Waals surface area (Å²) in [4.78, 5) is 29.5. The Labute approximate surface area is 139 Å². The molecule has 0 saturated heterocycles. The fourth-order valence-electron chi connectivity index (χ4n) is 2.41. The number of hydrogen-bond acceptors (Lipinski definition) is 5. The molecule has 1 saturated carbocycles. The van der Waals surface area contributed by atoms with E-state index in [1.54, 1.807) is 31.0 Å². The molecule has 0 aromatic carbocycles. The van der Waals surface area contributed by atoms with Gasteiger partial charge >= 0.3 is 0 Å². The first-order valence-corrected chi connectivity index (χ1v) is 7.80. The third-order valence-corrected chi connectivity index (χ3v) is 3.87. The van der Waals surface area contributed by atoms with Gasteiger partial charge in [-0.25, -0.2) is 4.98 Å². The lowest BCUT2D eigenvalue weighted by Gasteiger charge is -2.11. The molecule has 0 radical (unpaired) electrons. The van der Waals surface area contributed by atoms with E-state index in [1.165, 1.54) is 0 Å². The Morgan fingerprint density at radius 2 is 1.83 bits per heavy atom. The molecule has 0 spiro atoms. The van der Waals surface area contributed by atoms with Crippen LogP contribution in [0.1, 0.15) is 12.8 Å². The maximum Gasteiger partial charge on any atom is 0.228 e. The fraction of sp³-hybridized carbons (Fsp3) is 0.167.